The number of aryl methyl sites for hydroxylation is 1. The molecule has 1 amide bonds. The highest BCUT2D eigenvalue weighted by Crippen LogP contribution is 2.26. The summed E-state index contributed by atoms with van der Waals surface area (Å²) in [6.07, 6.45) is 0.0109. The first-order chi connectivity index (χ1) is 14.4. The molecule has 1 fully saturated rings. The molecule has 0 saturated carbocycles. The summed E-state index contributed by atoms with van der Waals surface area (Å²) in [4.78, 5) is 15.4. The molecular formula is C24H27N3O3. The van der Waals surface area contributed by atoms with E-state index in [1.807, 2.05) is 80.3 Å². The van der Waals surface area contributed by atoms with Gasteiger partial charge in [0.25, 0.3) is 5.91 Å². The van der Waals surface area contributed by atoms with E-state index in [1.54, 1.807) is 11.8 Å². The van der Waals surface area contributed by atoms with Crippen LogP contribution in [-0.2, 0) is 4.74 Å². The maximum atomic E-state index is 13.5. The predicted octanol–water partition coefficient (Wildman–Crippen LogP) is 4.11. The van der Waals surface area contributed by atoms with E-state index < -0.39 is 0 Å². The molecule has 0 N–H and O–H groups in total. The lowest BCUT2D eigenvalue weighted by molar-refractivity contribution is -0.0588. The molecule has 2 heterocycles. The fraction of sp³-hybridized carbons (Fsp3) is 0.333. The number of methoxy groups -OCH3 is 1. The van der Waals surface area contributed by atoms with Gasteiger partial charge in [-0.1, -0.05) is 24.3 Å². The van der Waals surface area contributed by atoms with E-state index in [9.17, 15) is 4.79 Å². The van der Waals surface area contributed by atoms with Gasteiger partial charge in [-0.2, -0.15) is 5.10 Å². The van der Waals surface area contributed by atoms with Gasteiger partial charge in [0.2, 0.25) is 0 Å². The van der Waals surface area contributed by atoms with Gasteiger partial charge in [0, 0.05) is 18.7 Å². The average Bonchev–Trinajstić information content (AvgIpc) is 3.18. The van der Waals surface area contributed by atoms with Crippen LogP contribution in [0.15, 0.2) is 54.6 Å². The van der Waals surface area contributed by atoms with Crippen LogP contribution in [0.25, 0.3) is 16.9 Å². The molecule has 0 radical (unpaired) electrons. The first-order valence-electron chi connectivity index (χ1n) is 10.2. The van der Waals surface area contributed by atoms with Crippen LogP contribution < -0.4 is 4.74 Å². The van der Waals surface area contributed by atoms with Gasteiger partial charge in [-0.05, 0) is 56.7 Å². The molecule has 2 unspecified atom stereocenters. The SMILES string of the molecule is COc1cccc(-c2cc(C(=O)N3CC(C)OC(C)C3)n(-c3cccc(C)c3)n2)c1. The summed E-state index contributed by atoms with van der Waals surface area (Å²) < 4.78 is 12.9. The van der Waals surface area contributed by atoms with Crippen molar-refractivity contribution < 1.29 is 14.3 Å². The molecule has 1 aliphatic rings. The second-order valence-corrected chi connectivity index (χ2v) is 7.87. The summed E-state index contributed by atoms with van der Waals surface area (Å²) in [5.74, 6) is 0.710. The highest BCUT2D eigenvalue weighted by Gasteiger charge is 2.29. The molecule has 30 heavy (non-hydrogen) atoms. The molecule has 0 bridgehead atoms. The molecule has 4 rings (SSSR count). The summed E-state index contributed by atoms with van der Waals surface area (Å²) in [5, 5.41) is 4.80. The van der Waals surface area contributed by atoms with Crippen LogP contribution in [-0.4, -0.2) is 53.0 Å². The minimum atomic E-state index is -0.0415. The van der Waals surface area contributed by atoms with Crippen LogP contribution in [0.1, 0.15) is 29.9 Å². The smallest absolute Gasteiger partial charge is 0.272 e. The van der Waals surface area contributed by atoms with E-state index in [0.717, 1.165) is 28.3 Å². The number of aromatic nitrogens is 2. The third-order valence-electron chi connectivity index (χ3n) is 5.25. The lowest BCUT2D eigenvalue weighted by Gasteiger charge is -2.35. The number of ether oxygens (including phenoxy) is 2. The second-order valence-electron chi connectivity index (χ2n) is 7.87. The van der Waals surface area contributed by atoms with E-state index in [4.69, 9.17) is 14.6 Å². The van der Waals surface area contributed by atoms with Gasteiger partial charge in [-0.15, -0.1) is 0 Å². The van der Waals surface area contributed by atoms with E-state index in [0.29, 0.717) is 18.8 Å². The van der Waals surface area contributed by atoms with Crippen molar-refractivity contribution in [2.45, 2.75) is 33.0 Å². The fourth-order valence-electron chi connectivity index (χ4n) is 3.92. The number of carbonyl (C=O) groups excluding carboxylic acids is 1. The van der Waals surface area contributed by atoms with E-state index in [-0.39, 0.29) is 18.1 Å². The molecule has 2 aromatic carbocycles. The Morgan fingerprint density at radius 2 is 1.80 bits per heavy atom. The zero-order valence-electron chi connectivity index (χ0n) is 17.8. The van der Waals surface area contributed by atoms with Gasteiger partial charge in [-0.25, -0.2) is 4.68 Å². The number of benzene rings is 2. The molecule has 1 saturated heterocycles. The zero-order valence-corrected chi connectivity index (χ0v) is 17.8. The summed E-state index contributed by atoms with van der Waals surface area (Å²) in [6.45, 7) is 7.15. The summed E-state index contributed by atoms with van der Waals surface area (Å²) in [7, 11) is 1.64. The van der Waals surface area contributed by atoms with Crippen molar-refractivity contribution in [2.24, 2.45) is 0 Å². The van der Waals surface area contributed by atoms with Crippen LogP contribution in [0.5, 0.6) is 5.75 Å². The lowest BCUT2D eigenvalue weighted by Crippen LogP contribution is -2.48. The molecule has 6 nitrogen and oxygen atoms in total. The van der Waals surface area contributed by atoms with Gasteiger partial charge in [0.1, 0.15) is 11.4 Å². The first-order valence-corrected chi connectivity index (χ1v) is 10.2. The number of carbonyl (C=O) groups is 1. The standard InChI is InChI=1S/C24H27N3O3/c1-16-7-5-9-20(11-16)27-23(24(28)26-14-17(2)30-18(3)15-26)13-22(25-27)19-8-6-10-21(12-19)29-4/h5-13,17-18H,14-15H2,1-4H3. The maximum absolute atomic E-state index is 13.5. The van der Waals surface area contributed by atoms with Crippen molar-refractivity contribution >= 4 is 5.91 Å². The highest BCUT2D eigenvalue weighted by atomic mass is 16.5. The topological polar surface area (TPSA) is 56.6 Å². The highest BCUT2D eigenvalue weighted by molar-refractivity contribution is 5.94. The number of nitrogens with zero attached hydrogens (tertiary/aromatic N) is 3. The Kier molecular flexibility index (Phi) is 5.59. The minimum Gasteiger partial charge on any atom is -0.497 e. The van der Waals surface area contributed by atoms with Crippen LogP contribution in [0, 0.1) is 6.92 Å². The van der Waals surface area contributed by atoms with Crippen molar-refractivity contribution in [1.29, 1.82) is 0 Å². The molecular weight excluding hydrogens is 378 g/mol. The minimum absolute atomic E-state index is 0.00546. The Labute approximate surface area is 177 Å². The van der Waals surface area contributed by atoms with Crippen LogP contribution >= 0.6 is 0 Å². The third kappa shape index (κ3) is 4.09. The molecule has 3 aromatic rings. The largest absolute Gasteiger partial charge is 0.497 e. The number of morpholine rings is 1. The Bertz CT molecular complexity index is 1050. The Balaban J connectivity index is 1.79. The lowest BCUT2D eigenvalue weighted by atomic mass is 10.1. The molecule has 6 heteroatoms. The second kappa shape index (κ2) is 8.32. The van der Waals surface area contributed by atoms with Gasteiger partial charge < -0.3 is 14.4 Å². The monoisotopic (exact) mass is 405 g/mol. The molecule has 0 spiro atoms. The molecule has 156 valence electrons. The summed E-state index contributed by atoms with van der Waals surface area (Å²) in [5.41, 5.74) is 4.14. The Morgan fingerprint density at radius 3 is 2.50 bits per heavy atom. The predicted molar refractivity (Wildman–Crippen MR) is 116 cm³/mol. The van der Waals surface area contributed by atoms with E-state index in [1.165, 1.54) is 0 Å². The number of rotatable bonds is 4. The van der Waals surface area contributed by atoms with Gasteiger partial charge >= 0.3 is 0 Å². The molecule has 0 aliphatic carbocycles. The quantitative estimate of drug-likeness (QED) is 0.656. The maximum Gasteiger partial charge on any atom is 0.272 e. The van der Waals surface area contributed by atoms with Crippen LogP contribution in [0.3, 0.4) is 0 Å². The number of amides is 1. The first kappa shape index (κ1) is 20.2. The van der Waals surface area contributed by atoms with Crippen LogP contribution in [0.2, 0.25) is 0 Å². The number of hydrogen-bond acceptors (Lipinski definition) is 4. The average molecular weight is 405 g/mol. The molecule has 1 aromatic heterocycles. The van der Waals surface area contributed by atoms with Crippen LogP contribution in [0.4, 0.5) is 0 Å². The van der Waals surface area contributed by atoms with Gasteiger partial charge in [-0.3, -0.25) is 4.79 Å². The summed E-state index contributed by atoms with van der Waals surface area (Å²) >= 11 is 0. The number of hydrogen-bond donors (Lipinski definition) is 0. The van der Waals surface area contributed by atoms with E-state index >= 15 is 0 Å². The molecule has 2 atom stereocenters. The third-order valence-corrected chi connectivity index (χ3v) is 5.25. The van der Waals surface area contributed by atoms with Crippen molar-refractivity contribution in [1.82, 2.24) is 14.7 Å². The van der Waals surface area contributed by atoms with Gasteiger partial charge in [0.15, 0.2) is 0 Å². The zero-order chi connectivity index (χ0) is 21.3. The fourth-order valence-corrected chi connectivity index (χ4v) is 3.92. The van der Waals surface area contributed by atoms with Gasteiger partial charge in [0.05, 0.1) is 30.7 Å². The van der Waals surface area contributed by atoms with Crippen molar-refractivity contribution in [3.63, 3.8) is 0 Å². The van der Waals surface area contributed by atoms with Crippen molar-refractivity contribution in [2.75, 3.05) is 20.2 Å². The normalized spacial score (nSPS) is 19.0. The van der Waals surface area contributed by atoms with E-state index in [2.05, 4.69) is 0 Å². The van der Waals surface area contributed by atoms with Crippen molar-refractivity contribution in [3.8, 4) is 22.7 Å². The Hall–Kier alpha value is -3.12. The molecule has 1 aliphatic heterocycles. The van der Waals surface area contributed by atoms with Crippen molar-refractivity contribution in [3.05, 3.63) is 65.9 Å². The summed E-state index contributed by atoms with van der Waals surface area (Å²) in [6, 6.07) is 17.6. The Morgan fingerprint density at radius 1 is 1.07 bits per heavy atom.